The van der Waals surface area contributed by atoms with Gasteiger partial charge in [0.15, 0.2) is 6.10 Å². The third kappa shape index (κ3) is 33.0. The van der Waals surface area contributed by atoms with Crippen molar-refractivity contribution in [3.8, 4) is 0 Å². The predicted molar refractivity (Wildman–Crippen MR) is 155 cm³/mol. The Morgan fingerprint density at radius 2 is 0.946 bits per heavy atom. The minimum atomic E-state index is -1.19. The third-order valence-corrected chi connectivity index (χ3v) is 3.21. The van der Waals surface area contributed by atoms with E-state index in [0.717, 1.165) is 0 Å². The van der Waals surface area contributed by atoms with Crippen LogP contribution >= 0.6 is 0 Å². The summed E-state index contributed by atoms with van der Waals surface area (Å²) in [5.41, 5.74) is 0. The van der Waals surface area contributed by atoms with Crippen LogP contribution in [0.5, 0.6) is 0 Å². The lowest BCUT2D eigenvalue weighted by Crippen LogP contribution is -2.45. The van der Waals surface area contributed by atoms with Crippen LogP contribution < -0.4 is 21.3 Å². The van der Waals surface area contributed by atoms with E-state index in [9.17, 15) is 28.8 Å². The molecule has 0 bridgehead atoms. The zero-order chi connectivity index (χ0) is 21.7. The monoisotopic (exact) mass is 546 g/mol. The first-order valence-corrected chi connectivity index (χ1v) is 8.37. The van der Waals surface area contributed by atoms with Gasteiger partial charge in [-0.15, -0.1) is 0 Å². The van der Waals surface area contributed by atoms with Crippen molar-refractivity contribution < 1.29 is 38.2 Å². The van der Waals surface area contributed by atoms with Crippen LogP contribution in [0.3, 0.4) is 0 Å². The maximum Gasteiger partial charge on any atom is 0.316 e. The van der Waals surface area contributed by atoms with E-state index in [1.807, 2.05) is 0 Å². The zero-order valence-electron chi connectivity index (χ0n) is 16.2. The number of carbonyl (C=O) groups is 6. The average molecular weight is 547 g/mol. The Labute approximate surface area is 228 Å². The van der Waals surface area contributed by atoms with Crippen molar-refractivity contribution in [3.63, 3.8) is 0 Å². The number of carbonyl (C=O) groups excluding carboxylic acids is 6. The predicted octanol–water partition coefficient (Wildman–Crippen LogP) is 3.43. The van der Waals surface area contributed by atoms with Gasteiger partial charge in [0.05, 0.1) is 19.8 Å². The molecule has 230 valence electrons. The first-order valence-electron chi connectivity index (χ1n) is 8.37. The molecule has 0 aromatic rings. The molecule has 0 aliphatic carbocycles. The van der Waals surface area contributed by atoms with Crippen molar-refractivity contribution in [3.05, 3.63) is 0 Å². The number of methoxy groups -OCH3 is 1. The second-order valence-corrected chi connectivity index (χ2v) is 5.70. The molecule has 37 heavy (non-hydrogen) atoms. The second-order valence-electron chi connectivity index (χ2n) is 5.70. The molecule has 0 spiro atoms. The highest BCUT2D eigenvalue weighted by Crippen LogP contribution is 1.95. The van der Waals surface area contributed by atoms with Crippen molar-refractivity contribution >= 4 is 35.4 Å². The summed E-state index contributed by atoms with van der Waals surface area (Å²) in [5, 5.41) is 9.24. The van der Waals surface area contributed by atoms with Crippen molar-refractivity contribution in [2.75, 3.05) is 20.4 Å². The molecule has 0 radical (unpaired) electrons. The summed E-state index contributed by atoms with van der Waals surface area (Å²) >= 11 is 0. The van der Waals surface area contributed by atoms with E-state index >= 15 is 0 Å². The van der Waals surface area contributed by atoms with Crippen LogP contribution in [0.4, 0.5) is 0 Å². The highest BCUT2D eigenvalue weighted by atomic mass is 16.5. The Kier molecular flexibility index (Phi) is 61.0. The second kappa shape index (κ2) is 35.1. The molecule has 4 amide bonds. The number of ketones is 1. The van der Waals surface area contributed by atoms with E-state index in [-0.39, 0.29) is 92.4 Å². The molecule has 0 rings (SSSR count). The molecular formula is C25H62N4O8. The van der Waals surface area contributed by atoms with E-state index in [0.29, 0.717) is 0 Å². The van der Waals surface area contributed by atoms with Crippen LogP contribution in [0.2, 0.25) is 0 Å². The lowest BCUT2D eigenvalue weighted by atomic mass is 10.3. The normalized spacial score (nSPS) is 9.19. The van der Waals surface area contributed by atoms with E-state index in [2.05, 4.69) is 21.3 Å². The number of rotatable bonds is 12. The fourth-order valence-electron chi connectivity index (χ4n) is 1.63. The number of ether oxygens (including phenoxy) is 2. The fraction of sp³-hybridized carbons (Fsp3) is 0.760. The average Bonchev–Trinajstić information content (AvgIpc) is 2.59. The van der Waals surface area contributed by atoms with E-state index in [1.54, 1.807) is 0 Å². The molecule has 0 aromatic carbocycles. The summed E-state index contributed by atoms with van der Waals surface area (Å²) in [6, 6.07) is 0. The van der Waals surface area contributed by atoms with Gasteiger partial charge < -0.3 is 30.7 Å². The van der Waals surface area contributed by atoms with Gasteiger partial charge >= 0.3 is 5.97 Å². The minimum Gasteiger partial charge on any atom is -0.452 e. The molecule has 0 fully saturated rings. The maximum atomic E-state index is 11.8. The number of hydrogen-bond acceptors (Lipinski definition) is 8. The Hall–Kier alpha value is -3.02. The molecule has 0 aliphatic rings. The quantitative estimate of drug-likeness (QED) is 0.164. The Balaban J connectivity index is -0.000000101. The fourth-order valence-corrected chi connectivity index (χ4v) is 1.63. The third-order valence-electron chi connectivity index (χ3n) is 3.21. The Bertz CT molecular complexity index is 613. The van der Waals surface area contributed by atoms with Crippen molar-refractivity contribution in [2.45, 2.75) is 113 Å². The summed E-state index contributed by atoms with van der Waals surface area (Å²) in [6.45, 7) is 3.63. The lowest BCUT2D eigenvalue weighted by molar-refractivity contribution is -0.156. The van der Waals surface area contributed by atoms with Crippen molar-refractivity contribution in [1.29, 1.82) is 0 Å². The highest BCUT2D eigenvalue weighted by Gasteiger charge is 2.20. The maximum absolute atomic E-state index is 11.8. The SMILES string of the molecule is C.C.C.C.C.C.C.C.C.COC(C)C(=O)NCNC(=O)C(C)OC(=O)CC(=O)NCNC(=O)CC(C)=O. The van der Waals surface area contributed by atoms with Crippen molar-refractivity contribution in [1.82, 2.24) is 21.3 Å². The summed E-state index contributed by atoms with van der Waals surface area (Å²) in [6.07, 6.45) is -2.84. The van der Waals surface area contributed by atoms with Gasteiger partial charge in [-0.2, -0.15) is 0 Å². The molecule has 12 heteroatoms. The van der Waals surface area contributed by atoms with Gasteiger partial charge in [0.25, 0.3) is 5.91 Å². The summed E-state index contributed by atoms with van der Waals surface area (Å²) in [5.74, 6) is -3.68. The van der Waals surface area contributed by atoms with E-state index < -0.39 is 48.2 Å². The van der Waals surface area contributed by atoms with E-state index in [1.165, 1.54) is 27.9 Å². The van der Waals surface area contributed by atoms with Gasteiger partial charge in [-0.05, 0) is 20.8 Å². The standard InChI is InChI=1S/C16H26N4O8.9CH4/c1-9(21)5-12(22)17-7-18-13(23)6-14(24)28-11(3)16(26)20-8-19-15(25)10(2)27-4;;;;;;;;;/h10-11H,5-8H2,1-4H3,(H,17,22)(H,18,23)(H,19,25)(H,20,26);9*1H4. The van der Waals surface area contributed by atoms with Crippen LogP contribution in [-0.4, -0.2) is 68.0 Å². The summed E-state index contributed by atoms with van der Waals surface area (Å²) < 4.78 is 9.60. The number of hydrogen-bond donors (Lipinski definition) is 4. The molecule has 0 aromatic heterocycles. The van der Waals surface area contributed by atoms with Crippen LogP contribution in [0.1, 0.15) is 100 Å². The zero-order valence-corrected chi connectivity index (χ0v) is 16.2. The van der Waals surface area contributed by atoms with Gasteiger partial charge in [0, 0.05) is 7.11 Å². The first-order chi connectivity index (χ1) is 13.1. The molecular weight excluding hydrogens is 484 g/mol. The summed E-state index contributed by atoms with van der Waals surface area (Å²) in [4.78, 5) is 68.4. The van der Waals surface area contributed by atoms with Gasteiger partial charge in [0.2, 0.25) is 17.7 Å². The largest absolute Gasteiger partial charge is 0.452 e. The molecule has 12 nitrogen and oxygen atoms in total. The Morgan fingerprint density at radius 1 is 0.595 bits per heavy atom. The van der Waals surface area contributed by atoms with E-state index in [4.69, 9.17) is 9.47 Å². The lowest BCUT2D eigenvalue weighted by Gasteiger charge is -2.15. The molecule has 0 heterocycles. The number of nitrogens with one attached hydrogen (secondary N) is 4. The molecule has 4 N–H and O–H groups in total. The Morgan fingerprint density at radius 3 is 1.32 bits per heavy atom. The van der Waals surface area contributed by atoms with Crippen LogP contribution in [0.25, 0.3) is 0 Å². The van der Waals surface area contributed by atoms with Crippen LogP contribution in [-0.2, 0) is 38.2 Å². The minimum absolute atomic E-state index is 0. The molecule has 0 aliphatic heterocycles. The molecule has 0 saturated carbocycles. The highest BCUT2D eigenvalue weighted by molar-refractivity contribution is 5.97. The molecule has 2 unspecified atom stereocenters. The molecule has 0 saturated heterocycles. The van der Waals surface area contributed by atoms with Crippen LogP contribution in [0.15, 0.2) is 0 Å². The summed E-state index contributed by atoms with van der Waals surface area (Å²) in [7, 11) is 1.36. The van der Waals surface area contributed by atoms with Crippen LogP contribution in [0, 0.1) is 0 Å². The topological polar surface area (TPSA) is 169 Å². The van der Waals surface area contributed by atoms with Gasteiger partial charge in [-0.3, -0.25) is 28.8 Å². The van der Waals surface area contributed by atoms with Gasteiger partial charge in [-0.25, -0.2) is 0 Å². The molecule has 2 atom stereocenters. The van der Waals surface area contributed by atoms with Gasteiger partial charge in [0.1, 0.15) is 18.3 Å². The van der Waals surface area contributed by atoms with Crippen molar-refractivity contribution in [2.24, 2.45) is 0 Å². The van der Waals surface area contributed by atoms with Gasteiger partial charge in [-0.1, -0.05) is 66.8 Å². The number of Topliss-reactive ketones (excluding diaryl/α,β-unsaturated/α-hetero) is 1. The smallest absolute Gasteiger partial charge is 0.316 e. The number of amides is 4. The first kappa shape index (κ1) is 64.3. The number of esters is 1.